The van der Waals surface area contributed by atoms with E-state index in [2.05, 4.69) is 18.4 Å². The first kappa shape index (κ1) is 13.6. The quantitative estimate of drug-likeness (QED) is 0.688. The zero-order chi connectivity index (χ0) is 13.0. The molecule has 2 aliphatic heterocycles. The van der Waals surface area contributed by atoms with E-state index < -0.39 is 0 Å². The number of ether oxygens (including phenoxy) is 1. The molecule has 2 heterocycles. The van der Waals surface area contributed by atoms with Crippen molar-refractivity contribution >= 4 is 5.91 Å². The van der Waals surface area contributed by atoms with Gasteiger partial charge < -0.3 is 9.64 Å². The zero-order valence-corrected chi connectivity index (χ0v) is 11.3. The second-order valence-corrected chi connectivity index (χ2v) is 5.33. The van der Waals surface area contributed by atoms with Crippen LogP contribution in [-0.2, 0) is 9.53 Å². The Morgan fingerprint density at radius 3 is 2.83 bits per heavy atom. The minimum Gasteiger partial charge on any atom is -0.379 e. The maximum Gasteiger partial charge on any atom is 0.223 e. The molecule has 2 unspecified atom stereocenters. The maximum absolute atomic E-state index is 11.8. The number of hydrogen-bond acceptors (Lipinski definition) is 3. The van der Waals surface area contributed by atoms with Crippen LogP contribution in [0.2, 0.25) is 0 Å². The summed E-state index contributed by atoms with van der Waals surface area (Å²) in [4.78, 5) is 16.2. The number of hydrogen-bond donors (Lipinski definition) is 0. The lowest BCUT2D eigenvalue weighted by atomic mass is 10.1. The largest absolute Gasteiger partial charge is 0.379 e. The van der Waals surface area contributed by atoms with Crippen molar-refractivity contribution in [2.75, 3.05) is 39.4 Å². The fourth-order valence-corrected chi connectivity index (χ4v) is 2.72. The third kappa shape index (κ3) is 3.33. The van der Waals surface area contributed by atoms with Crippen LogP contribution in [-0.4, -0.2) is 61.1 Å². The second-order valence-electron chi connectivity index (χ2n) is 5.33. The van der Waals surface area contributed by atoms with E-state index in [-0.39, 0.29) is 5.91 Å². The standard InChI is InChI=1S/C14H24N2O2/c1-3-13-10-14(17)16(11-13)5-4-12(2)15-6-8-18-9-7-15/h3,12-13H,1,4-11H2,2H3. The van der Waals surface area contributed by atoms with Crippen molar-refractivity contribution in [2.24, 2.45) is 5.92 Å². The summed E-state index contributed by atoms with van der Waals surface area (Å²) < 4.78 is 5.36. The van der Waals surface area contributed by atoms with Crippen LogP contribution in [0.25, 0.3) is 0 Å². The van der Waals surface area contributed by atoms with E-state index in [0.29, 0.717) is 18.4 Å². The molecule has 18 heavy (non-hydrogen) atoms. The Balaban J connectivity index is 1.73. The normalized spacial score (nSPS) is 27.5. The molecule has 0 aromatic carbocycles. The third-order valence-electron chi connectivity index (χ3n) is 4.06. The van der Waals surface area contributed by atoms with Crippen LogP contribution < -0.4 is 0 Å². The van der Waals surface area contributed by atoms with Crippen molar-refractivity contribution in [1.29, 1.82) is 0 Å². The molecule has 2 saturated heterocycles. The number of rotatable bonds is 5. The van der Waals surface area contributed by atoms with Gasteiger partial charge in [0.2, 0.25) is 5.91 Å². The van der Waals surface area contributed by atoms with Crippen molar-refractivity contribution in [3.63, 3.8) is 0 Å². The number of carbonyl (C=O) groups excluding carboxylic acids is 1. The number of morpholine rings is 1. The third-order valence-corrected chi connectivity index (χ3v) is 4.06. The molecular weight excluding hydrogens is 228 g/mol. The average molecular weight is 252 g/mol. The van der Waals surface area contributed by atoms with Gasteiger partial charge in [-0.05, 0) is 13.3 Å². The van der Waals surface area contributed by atoms with Crippen LogP contribution in [0.3, 0.4) is 0 Å². The fourth-order valence-electron chi connectivity index (χ4n) is 2.72. The summed E-state index contributed by atoms with van der Waals surface area (Å²) in [7, 11) is 0. The number of likely N-dealkylation sites (tertiary alicyclic amines) is 1. The minimum atomic E-state index is 0.286. The first-order valence-corrected chi connectivity index (χ1v) is 6.93. The summed E-state index contributed by atoms with van der Waals surface area (Å²) in [6.07, 6.45) is 3.61. The van der Waals surface area contributed by atoms with E-state index in [9.17, 15) is 4.79 Å². The van der Waals surface area contributed by atoms with Gasteiger partial charge in [-0.3, -0.25) is 9.69 Å². The maximum atomic E-state index is 11.8. The lowest BCUT2D eigenvalue weighted by Crippen LogP contribution is -2.43. The number of amides is 1. The summed E-state index contributed by atoms with van der Waals surface area (Å²) in [6, 6.07) is 0.532. The Morgan fingerprint density at radius 2 is 2.22 bits per heavy atom. The highest BCUT2D eigenvalue weighted by atomic mass is 16.5. The Labute approximate surface area is 110 Å². The van der Waals surface area contributed by atoms with Crippen LogP contribution in [0.5, 0.6) is 0 Å². The van der Waals surface area contributed by atoms with Crippen molar-refractivity contribution in [1.82, 2.24) is 9.80 Å². The summed E-state index contributed by atoms with van der Waals surface area (Å²) in [5.41, 5.74) is 0. The smallest absolute Gasteiger partial charge is 0.223 e. The van der Waals surface area contributed by atoms with Crippen LogP contribution in [0.1, 0.15) is 19.8 Å². The summed E-state index contributed by atoms with van der Waals surface area (Å²) in [6.45, 7) is 11.5. The zero-order valence-electron chi connectivity index (χ0n) is 11.3. The van der Waals surface area contributed by atoms with Gasteiger partial charge in [-0.15, -0.1) is 6.58 Å². The van der Waals surface area contributed by atoms with Crippen LogP contribution in [0.15, 0.2) is 12.7 Å². The summed E-state index contributed by atoms with van der Waals surface area (Å²) in [5.74, 6) is 0.644. The van der Waals surface area contributed by atoms with E-state index >= 15 is 0 Å². The molecule has 4 heteroatoms. The number of nitrogens with zero attached hydrogens (tertiary/aromatic N) is 2. The van der Waals surface area contributed by atoms with Gasteiger partial charge in [-0.1, -0.05) is 6.08 Å². The van der Waals surface area contributed by atoms with Gasteiger partial charge >= 0.3 is 0 Å². The molecule has 2 fully saturated rings. The average Bonchev–Trinajstić information content (AvgIpc) is 2.77. The first-order valence-electron chi connectivity index (χ1n) is 6.93. The van der Waals surface area contributed by atoms with Gasteiger partial charge in [-0.25, -0.2) is 0 Å². The molecule has 0 aromatic rings. The second kappa shape index (κ2) is 6.34. The van der Waals surface area contributed by atoms with Crippen molar-refractivity contribution in [3.05, 3.63) is 12.7 Å². The van der Waals surface area contributed by atoms with Crippen LogP contribution in [0, 0.1) is 5.92 Å². The van der Waals surface area contributed by atoms with Crippen LogP contribution >= 0.6 is 0 Å². The molecular formula is C14H24N2O2. The van der Waals surface area contributed by atoms with Gasteiger partial charge in [-0.2, -0.15) is 0 Å². The molecule has 1 amide bonds. The highest BCUT2D eigenvalue weighted by Gasteiger charge is 2.28. The Hall–Kier alpha value is -0.870. The molecule has 2 aliphatic rings. The van der Waals surface area contributed by atoms with Gasteiger partial charge in [0.05, 0.1) is 13.2 Å². The molecule has 0 aliphatic carbocycles. The fraction of sp³-hybridized carbons (Fsp3) is 0.786. The van der Waals surface area contributed by atoms with E-state index in [1.165, 1.54) is 0 Å². The van der Waals surface area contributed by atoms with Gasteiger partial charge in [0.15, 0.2) is 0 Å². The van der Waals surface area contributed by atoms with E-state index in [1.807, 2.05) is 11.0 Å². The molecule has 2 rings (SSSR count). The molecule has 0 aromatic heterocycles. The molecule has 0 radical (unpaired) electrons. The minimum absolute atomic E-state index is 0.286. The molecule has 0 saturated carbocycles. The molecule has 2 atom stereocenters. The van der Waals surface area contributed by atoms with E-state index in [0.717, 1.165) is 45.8 Å². The topological polar surface area (TPSA) is 32.8 Å². The monoisotopic (exact) mass is 252 g/mol. The molecule has 0 bridgehead atoms. The lowest BCUT2D eigenvalue weighted by molar-refractivity contribution is -0.127. The summed E-state index contributed by atoms with van der Waals surface area (Å²) >= 11 is 0. The van der Waals surface area contributed by atoms with E-state index in [1.54, 1.807) is 0 Å². The van der Waals surface area contributed by atoms with E-state index in [4.69, 9.17) is 4.74 Å². The predicted octanol–water partition coefficient (Wildman–Crippen LogP) is 1.13. The first-order chi connectivity index (χ1) is 8.70. The SMILES string of the molecule is C=CC1CC(=O)N(CCC(C)N2CCOCC2)C1. The molecule has 102 valence electrons. The Bertz CT molecular complexity index is 300. The molecule has 0 spiro atoms. The lowest BCUT2D eigenvalue weighted by Gasteiger charge is -2.33. The van der Waals surface area contributed by atoms with Gasteiger partial charge in [0.1, 0.15) is 0 Å². The number of carbonyl (C=O) groups is 1. The van der Waals surface area contributed by atoms with Gasteiger partial charge in [0, 0.05) is 44.6 Å². The highest BCUT2D eigenvalue weighted by molar-refractivity contribution is 5.78. The highest BCUT2D eigenvalue weighted by Crippen LogP contribution is 2.19. The van der Waals surface area contributed by atoms with Crippen molar-refractivity contribution in [3.8, 4) is 0 Å². The van der Waals surface area contributed by atoms with Gasteiger partial charge in [0.25, 0.3) is 0 Å². The molecule has 4 nitrogen and oxygen atoms in total. The Kier molecular flexibility index (Phi) is 4.78. The summed E-state index contributed by atoms with van der Waals surface area (Å²) in [5, 5.41) is 0. The van der Waals surface area contributed by atoms with Crippen molar-refractivity contribution < 1.29 is 9.53 Å². The van der Waals surface area contributed by atoms with Crippen LogP contribution in [0.4, 0.5) is 0 Å². The van der Waals surface area contributed by atoms with Crippen molar-refractivity contribution in [2.45, 2.75) is 25.8 Å². The Morgan fingerprint density at radius 1 is 1.50 bits per heavy atom. The molecule has 0 N–H and O–H groups in total. The predicted molar refractivity (Wildman–Crippen MR) is 71.4 cm³/mol.